The summed E-state index contributed by atoms with van der Waals surface area (Å²) in [6.07, 6.45) is 0.969. The number of rotatable bonds is 8. The van der Waals surface area contributed by atoms with Crippen LogP contribution in [0.5, 0.6) is 0 Å². The summed E-state index contributed by atoms with van der Waals surface area (Å²) in [4.78, 5) is 29.3. The molecule has 2 aromatic rings. The molecule has 2 aliphatic rings. The third-order valence-corrected chi connectivity index (χ3v) is 7.51. The standard InChI is InChI=1S/C31H40F3N3O3/c1-5-6-7-14-21-25-22(19-12-8-9-13-20(19)26(25)28(38)36-18-31(32,33)34)17-23(29(39)40-30(2,3)4)27(21)37-16-11-10-15-24(37)35/h8-9,12-13,17,24,26H,5-7,10-11,14-16,18,35H2,1-4H3,(H,36,38). The highest BCUT2D eigenvalue weighted by atomic mass is 19.4. The monoisotopic (exact) mass is 559 g/mol. The molecule has 0 saturated carbocycles. The number of fused-ring (bicyclic) bond motifs is 3. The number of esters is 1. The molecule has 0 radical (unpaired) electrons. The van der Waals surface area contributed by atoms with Crippen LogP contribution in [-0.2, 0) is 16.0 Å². The number of nitrogens with zero attached hydrogens (tertiary/aromatic N) is 1. The van der Waals surface area contributed by atoms with E-state index in [0.29, 0.717) is 40.9 Å². The van der Waals surface area contributed by atoms with Crippen molar-refractivity contribution in [1.82, 2.24) is 5.32 Å². The third-order valence-electron chi connectivity index (χ3n) is 7.51. The van der Waals surface area contributed by atoms with Gasteiger partial charge in [0.2, 0.25) is 5.91 Å². The SMILES string of the molecule is CCCCCc1c2c(cc(C(=O)OC(C)(C)C)c1N1CCCCC1N)-c1ccccc1C2C(=O)NCC(F)(F)F. The van der Waals surface area contributed by atoms with E-state index in [1.54, 1.807) is 18.2 Å². The van der Waals surface area contributed by atoms with Crippen LogP contribution in [0.4, 0.5) is 18.9 Å². The maximum atomic E-state index is 13.8. The first kappa shape index (κ1) is 29.9. The highest BCUT2D eigenvalue weighted by Gasteiger charge is 2.41. The summed E-state index contributed by atoms with van der Waals surface area (Å²) in [7, 11) is 0. The molecule has 1 aliphatic carbocycles. The molecule has 2 aromatic carbocycles. The number of carbonyl (C=O) groups excluding carboxylic acids is 2. The van der Waals surface area contributed by atoms with Gasteiger partial charge in [0.1, 0.15) is 12.1 Å². The molecule has 40 heavy (non-hydrogen) atoms. The molecule has 218 valence electrons. The van der Waals surface area contributed by atoms with Crippen LogP contribution in [0.2, 0.25) is 0 Å². The number of ether oxygens (including phenoxy) is 1. The van der Waals surface area contributed by atoms with Gasteiger partial charge in [0.05, 0.1) is 23.3 Å². The highest BCUT2D eigenvalue weighted by molar-refractivity contribution is 6.04. The number of nitrogens with one attached hydrogen (secondary N) is 1. The Labute approximate surface area is 234 Å². The van der Waals surface area contributed by atoms with Gasteiger partial charge < -0.3 is 20.7 Å². The van der Waals surface area contributed by atoms with Crippen molar-refractivity contribution in [3.05, 3.63) is 52.6 Å². The van der Waals surface area contributed by atoms with Gasteiger partial charge in [-0.05, 0) is 86.8 Å². The Morgan fingerprint density at radius 3 is 2.48 bits per heavy atom. The quantitative estimate of drug-likeness (QED) is 0.287. The molecule has 0 bridgehead atoms. The second kappa shape index (κ2) is 11.8. The molecule has 1 fully saturated rings. The van der Waals surface area contributed by atoms with Crippen LogP contribution in [0, 0.1) is 0 Å². The lowest BCUT2D eigenvalue weighted by Gasteiger charge is -2.38. The average molecular weight is 560 g/mol. The lowest BCUT2D eigenvalue weighted by atomic mass is 9.85. The van der Waals surface area contributed by atoms with Crippen molar-refractivity contribution >= 4 is 17.6 Å². The third kappa shape index (κ3) is 6.45. The van der Waals surface area contributed by atoms with Crippen LogP contribution < -0.4 is 16.0 Å². The first-order valence-corrected chi connectivity index (χ1v) is 14.2. The second-order valence-electron chi connectivity index (χ2n) is 11.8. The van der Waals surface area contributed by atoms with Crippen molar-refractivity contribution in [3.8, 4) is 11.1 Å². The van der Waals surface area contributed by atoms with Gasteiger partial charge in [0, 0.05) is 6.54 Å². The van der Waals surface area contributed by atoms with Gasteiger partial charge in [-0.15, -0.1) is 0 Å². The predicted octanol–water partition coefficient (Wildman–Crippen LogP) is 6.44. The molecule has 1 saturated heterocycles. The lowest BCUT2D eigenvalue weighted by molar-refractivity contribution is -0.138. The summed E-state index contributed by atoms with van der Waals surface area (Å²) in [5, 5.41) is 2.12. The molecule has 4 rings (SSSR count). The zero-order chi connectivity index (χ0) is 29.2. The van der Waals surface area contributed by atoms with Crippen LogP contribution in [0.25, 0.3) is 11.1 Å². The van der Waals surface area contributed by atoms with E-state index in [1.165, 1.54) is 0 Å². The zero-order valence-electron chi connectivity index (χ0n) is 23.8. The Hall–Kier alpha value is -3.07. The molecule has 6 nitrogen and oxygen atoms in total. The van der Waals surface area contributed by atoms with E-state index in [1.807, 2.05) is 37.8 Å². The Morgan fingerprint density at radius 1 is 1.10 bits per heavy atom. The van der Waals surface area contributed by atoms with E-state index in [-0.39, 0.29) is 6.17 Å². The molecule has 1 amide bonds. The number of carbonyl (C=O) groups is 2. The van der Waals surface area contributed by atoms with E-state index in [0.717, 1.165) is 49.7 Å². The number of hydrogen-bond acceptors (Lipinski definition) is 5. The minimum atomic E-state index is -4.53. The van der Waals surface area contributed by atoms with Crippen molar-refractivity contribution in [1.29, 1.82) is 0 Å². The topological polar surface area (TPSA) is 84.7 Å². The molecule has 0 spiro atoms. The number of benzene rings is 2. The number of anilines is 1. The summed E-state index contributed by atoms with van der Waals surface area (Å²) in [5.41, 5.74) is 10.4. The van der Waals surface area contributed by atoms with Gasteiger partial charge in [0.15, 0.2) is 0 Å². The fraction of sp³-hybridized carbons (Fsp3) is 0.548. The molecule has 0 aromatic heterocycles. The lowest BCUT2D eigenvalue weighted by Crippen LogP contribution is -2.47. The number of amides is 1. The zero-order valence-corrected chi connectivity index (χ0v) is 23.8. The summed E-state index contributed by atoms with van der Waals surface area (Å²) >= 11 is 0. The molecule has 2 unspecified atom stereocenters. The van der Waals surface area contributed by atoms with Gasteiger partial charge >= 0.3 is 12.1 Å². The Balaban J connectivity index is 1.99. The van der Waals surface area contributed by atoms with Crippen molar-refractivity contribution in [2.45, 2.75) is 96.5 Å². The maximum absolute atomic E-state index is 13.8. The number of nitrogens with two attached hydrogens (primary N) is 1. The van der Waals surface area contributed by atoms with E-state index < -0.39 is 36.1 Å². The van der Waals surface area contributed by atoms with Crippen LogP contribution in [0.1, 0.15) is 99.2 Å². The highest BCUT2D eigenvalue weighted by Crippen LogP contribution is 2.51. The van der Waals surface area contributed by atoms with Crippen LogP contribution in [0.15, 0.2) is 30.3 Å². The summed E-state index contributed by atoms with van der Waals surface area (Å²) in [6, 6.07) is 9.01. The first-order valence-electron chi connectivity index (χ1n) is 14.2. The molecule has 1 heterocycles. The Morgan fingerprint density at radius 2 is 1.82 bits per heavy atom. The van der Waals surface area contributed by atoms with Crippen molar-refractivity contribution < 1.29 is 27.5 Å². The molecular formula is C31H40F3N3O3. The van der Waals surface area contributed by atoms with E-state index in [4.69, 9.17) is 10.5 Å². The first-order chi connectivity index (χ1) is 18.8. The number of hydrogen-bond donors (Lipinski definition) is 2. The summed E-state index contributed by atoms with van der Waals surface area (Å²) in [5.74, 6) is -2.13. The fourth-order valence-electron chi connectivity index (χ4n) is 5.86. The fourth-order valence-corrected chi connectivity index (χ4v) is 5.86. The van der Waals surface area contributed by atoms with E-state index >= 15 is 0 Å². The summed E-state index contributed by atoms with van der Waals surface area (Å²) in [6.45, 7) is 6.74. The average Bonchev–Trinajstić information content (AvgIpc) is 3.20. The predicted molar refractivity (Wildman–Crippen MR) is 150 cm³/mol. The smallest absolute Gasteiger partial charge is 0.405 e. The molecular weight excluding hydrogens is 519 g/mol. The van der Waals surface area contributed by atoms with Gasteiger partial charge in [-0.2, -0.15) is 13.2 Å². The minimum Gasteiger partial charge on any atom is -0.456 e. The Kier molecular flexibility index (Phi) is 8.83. The van der Waals surface area contributed by atoms with Crippen molar-refractivity contribution in [2.75, 3.05) is 18.0 Å². The largest absolute Gasteiger partial charge is 0.456 e. The molecule has 3 N–H and O–H groups in total. The van der Waals surface area contributed by atoms with Gasteiger partial charge in [-0.3, -0.25) is 4.79 Å². The summed E-state index contributed by atoms with van der Waals surface area (Å²) < 4.78 is 45.2. The Bertz CT molecular complexity index is 1250. The van der Waals surface area contributed by atoms with Gasteiger partial charge in [0.25, 0.3) is 0 Å². The normalized spacial score (nSPS) is 18.8. The van der Waals surface area contributed by atoms with E-state index in [2.05, 4.69) is 12.2 Å². The number of alkyl halides is 3. The number of unbranched alkanes of at least 4 members (excludes halogenated alkanes) is 2. The van der Waals surface area contributed by atoms with Crippen LogP contribution in [0.3, 0.4) is 0 Å². The molecule has 1 aliphatic heterocycles. The second-order valence-corrected chi connectivity index (χ2v) is 11.8. The van der Waals surface area contributed by atoms with Crippen molar-refractivity contribution in [2.24, 2.45) is 5.73 Å². The molecule has 2 atom stereocenters. The minimum absolute atomic E-state index is 0.334. The number of piperidine rings is 1. The number of halogens is 3. The van der Waals surface area contributed by atoms with Crippen molar-refractivity contribution in [3.63, 3.8) is 0 Å². The van der Waals surface area contributed by atoms with Gasteiger partial charge in [-0.25, -0.2) is 4.79 Å². The molecule has 9 heteroatoms. The van der Waals surface area contributed by atoms with Crippen LogP contribution in [-0.4, -0.2) is 42.9 Å². The van der Waals surface area contributed by atoms with Gasteiger partial charge in [-0.1, -0.05) is 44.0 Å². The van der Waals surface area contributed by atoms with Crippen LogP contribution >= 0.6 is 0 Å². The van der Waals surface area contributed by atoms with E-state index in [9.17, 15) is 22.8 Å². The maximum Gasteiger partial charge on any atom is 0.405 e.